The Bertz CT molecular complexity index is 591. The molecule has 6 heteroatoms. The molecule has 80 valence electrons. The minimum atomic E-state index is -1.02. The first kappa shape index (κ1) is 10.4. The Balaban J connectivity index is 2.59. The van der Waals surface area contributed by atoms with Gasteiger partial charge in [0.05, 0.1) is 22.3 Å². The van der Waals surface area contributed by atoms with E-state index >= 15 is 0 Å². The number of thiophene rings is 1. The van der Waals surface area contributed by atoms with E-state index in [1.54, 1.807) is 18.5 Å². The zero-order valence-corrected chi connectivity index (χ0v) is 9.15. The fourth-order valence-electron chi connectivity index (χ4n) is 1.41. The van der Waals surface area contributed by atoms with Gasteiger partial charge in [0.15, 0.2) is 0 Å². The summed E-state index contributed by atoms with van der Waals surface area (Å²) >= 11 is 1.33. The van der Waals surface area contributed by atoms with Gasteiger partial charge in [0.1, 0.15) is 11.6 Å². The first-order valence-corrected chi connectivity index (χ1v) is 5.25. The van der Waals surface area contributed by atoms with Crippen molar-refractivity contribution < 1.29 is 9.90 Å². The van der Waals surface area contributed by atoms with E-state index in [1.165, 1.54) is 22.2 Å². The highest BCUT2D eigenvalue weighted by molar-refractivity contribution is 7.13. The molecule has 0 aromatic carbocycles. The third-order valence-electron chi connectivity index (χ3n) is 2.13. The van der Waals surface area contributed by atoms with Crippen LogP contribution in [0.1, 0.15) is 15.9 Å². The SMILES string of the molecule is Cn1ncc(C(=O)O)c1-c1cc(C#N)cs1. The summed E-state index contributed by atoms with van der Waals surface area (Å²) in [5.74, 6) is -1.02. The lowest BCUT2D eigenvalue weighted by Crippen LogP contribution is -1.99. The van der Waals surface area contributed by atoms with Gasteiger partial charge in [0, 0.05) is 12.4 Å². The number of nitriles is 1. The third-order valence-corrected chi connectivity index (χ3v) is 3.07. The van der Waals surface area contributed by atoms with E-state index in [-0.39, 0.29) is 5.56 Å². The summed E-state index contributed by atoms with van der Waals surface area (Å²) in [5.41, 5.74) is 1.20. The number of aromatic nitrogens is 2. The van der Waals surface area contributed by atoms with Gasteiger partial charge >= 0.3 is 5.97 Å². The molecule has 0 spiro atoms. The zero-order chi connectivity index (χ0) is 11.7. The summed E-state index contributed by atoms with van der Waals surface area (Å²) in [7, 11) is 1.67. The van der Waals surface area contributed by atoms with Gasteiger partial charge in [-0.1, -0.05) is 0 Å². The van der Waals surface area contributed by atoms with Crippen LogP contribution in [0, 0.1) is 11.3 Å². The maximum absolute atomic E-state index is 11.0. The molecule has 0 saturated heterocycles. The first-order chi connectivity index (χ1) is 7.63. The molecule has 16 heavy (non-hydrogen) atoms. The number of carbonyl (C=O) groups is 1. The van der Waals surface area contributed by atoms with Crippen LogP contribution in [0.4, 0.5) is 0 Å². The molecule has 0 aliphatic rings. The van der Waals surface area contributed by atoms with Gasteiger partial charge < -0.3 is 5.11 Å². The first-order valence-electron chi connectivity index (χ1n) is 4.37. The van der Waals surface area contributed by atoms with Crippen molar-refractivity contribution in [2.45, 2.75) is 0 Å². The summed E-state index contributed by atoms with van der Waals surface area (Å²) in [6.07, 6.45) is 1.31. The van der Waals surface area contributed by atoms with Crippen molar-refractivity contribution >= 4 is 17.3 Å². The molecule has 5 nitrogen and oxygen atoms in total. The Labute approximate surface area is 95.2 Å². The Morgan fingerprint density at radius 1 is 1.69 bits per heavy atom. The number of nitrogens with zero attached hydrogens (tertiary/aromatic N) is 3. The quantitative estimate of drug-likeness (QED) is 0.856. The van der Waals surface area contributed by atoms with Crippen molar-refractivity contribution in [2.75, 3.05) is 0 Å². The van der Waals surface area contributed by atoms with E-state index in [4.69, 9.17) is 10.4 Å². The molecule has 0 aliphatic heterocycles. The Kier molecular flexibility index (Phi) is 2.46. The second-order valence-electron chi connectivity index (χ2n) is 3.15. The van der Waals surface area contributed by atoms with Crippen LogP contribution < -0.4 is 0 Å². The van der Waals surface area contributed by atoms with Gasteiger partial charge in [0.2, 0.25) is 0 Å². The highest BCUT2D eigenvalue weighted by atomic mass is 32.1. The van der Waals surface area contributed by atoms with Crippen LogP contribution in [0.2, 0.25) is 0 Å². The van der Waals surface area contributed by atoms with Gasteiger partial charge in [-0.2, -0.15) is 10.4 Å². The number of rotatable bonds is 2. The molecule has 2 aromatic rings. The number of carboxylic acid groups (broad SMARTS) is 1. The van der Waals surface area contributed by atoms with E-state index in [9.17, 15) is 4.79 Å². The van der Waals surface area contributed by atoms with Gasteiger partial charge in [-0.3, -0.25) is 4.68 Å². The lowest BCUT2D eigenvalue weighted by atomic mass is 10.2. The molecule has 0 bridgehead atoms. The third kappa shape index (κ3) is 1.57. The fourth-order valence-corrected chi connectivity index (χ4v) is 2.33. The molecular weight excluding hydrogens is 226 g/mol. The van der Waals surface area contributed by atoms with E-state index in [1.807, 2.05) is 6.07 Å². The average molecular weight is 233 g/mol. The van der Waals surface area contributed by atoms with E-state index < -0.39 is 5.97 Å². The Hall–Kier alpha value is -2.13. The molecule has 0 radical (unpaired) electrons. The molecule has 2 aromatic heterocycles. The van der Waals surface area contributed by atoms with Crippen molar-refractivity contribution in [1.29, 1.82) is 5.26 Å². The smallest absolute Gasteiger partial charge is 0.339 e. The monoisotopic (exact) mass is 233 g/mol. The van der Waals surface area contributed by atoms with Crippen molar-refractivity contribution in [3.63, 3.8) is 0 Å². The van der Waals surface area contributed by atoms with Crippen molar-refractivity contribution in [3.05, 3.63) is 28.8 Å². The highest BCUT2D eigenvalue weighted by Gasteiger charge is 2.18. The maximum Gasteiger partial charge on any atom is 0.339 e. The number of aromatic carboxylic acids is 1. The van der Waals surface area contributed by atoms with E-state index in [2.05, 4.69) is 5.10 Å². The predicted octanol–water partition coefficient (Wildman–Crippen LogP) is 1.72. The van der Waals surface area contributed by atoms with Gasteiger partial charge in [-0.25, -0.2) is 4.79 Å². The van der Waals surface area contributed by atoms with Crippen LogP contribution in [0.5, 0.6) is 0 Å². The number of hydrogen-bond donors (Lipinski definition) is 1. The fraction of sp³-hybridized carbons (Fsp3) is 0.100. The van der Waals surface area contributed by atoms with Crippen LogP contribution in [-0.4, -0.2) is 20.9 Å². The van der Waals surface area contributed by atoms with Gasteiger partial charge in [0.25, 0.3) is 0 Å². The molecule has 0 aliphatic carbocycles. The normalized spacial score (nSPS) is 10.0. The molecule has 2 heterocycles. The molecule has 0 fully saturated rings. The van der Waals surface area contributed by atoms with Crippen molar-refractivity contribution in [2.24, 2.45) is 7.05 Å². The minimum absolute atomic E-state index is 0.147. The minimum Gasteiger partial charge on any atom is -0.478 e. The van der Waals surface area contributed by atoms with Crippen LogP contribution in [0.3, 0.4) is 0 Å². The number of aryl methyl sites for hydroxylation is 1. The Morgan fingerprint density at radius 3 is 3.00 bits per heavy atom. The largest absolute Gasteiger partial charge is 0.478 e. The predicted molar refractivity (Wildman–Crippen MR) is 58.2 cm³/mol. The second kappa shape index (κ2) is 3.79. The maximum atomic E-state index is 11.0. The van der Waals surface area contributed by atoms with E-state index in [0.29, 0.717) is 11.3 Å². The van der Waals surface area contributed by atoms with Crippen LogP contribution in [0.15, 0.2) is 17.6 Å². The summed E-state index contributed by atoms with van der Waals surface area (Å²) in [6, 6.07) is 3.67. The summed E-state index contributed by atoms with van der Waals surface area (Å²) in [6.45, 7) is 0. The lowest BCUT2D eigenvalue weighted by Gasteiger charge is -1.99. The molecule has 0 amide bonds. The standard InChI is InChI=1S/C10H7N3O2S/c1-13-9(7(4-12-13)10(14)15)8-2-6(3-11)5-16-8/h2,4-5H,1H3,(H,14,15). The zero-order valence-electron chi connectivity index (χ0n) is 8.34. The van der Waals surface area contributed by atoms with Crippen LogP contribution in [0.25, 0.3) is 10.6 Å². The summed E-state index contributed by atoms with van der Waals surface area (Å²) in [4.78, 5) is 11.7. The lowest BCUT2D eigenvalue weighted by molar-refractivity contribution is 0.0697. The second-order valence-corrected chi connectivity index (χ2v) is 4.06. The number of carboxylic acids is 1. The summed E-state index contributed by atoms with van der Waals surface area (Å²) < 4.78 is 1.50. The highest BCUT2D eigenvalue weighted by Crippen LogP contribution is 2.29. The van der Waals surface area contributed by atoms with Gasteiger partial charge in [-0.15, -0.1) is 11.3 Å². The van der Waals surface area contributed by atoms with Crippen LogP contribution >= 0.6 is 11.3 Å². The molecule has 2 rings (SSSR count). The van der Waals surface area contributed by atoms with Crippen molar-refractivity contribution in [1.82, 2.24) is 9.78 Å². The van der Waals surface area contributed by atoms with Crippen molar-refractivity contribution in [3.8, 4) is 16.6 Å². The molecule has 0 atom stereocenters. The Morgan fingerprint density at radius 2 is 2.44 bits per heavy atom. The number of hydrogen-bond acceptors (Lipinski definition) is 4. The molecule has 1 N–H and O–H groups in total. The topological polar surface area (TPSA) is 78.9 Å². The van der Waals surface area contributed by atoms with E-state index in [0.717, 1.165) is 4.88 Å². The molecule has 0 saturated carbocycles. The summed E-state index contributed by atoms with van der Waals surface area (Å²) in [5, 5.41) is 23.3. The van der Waals surface area contributed by atoms with Gasteiger partial charge in [-0.05, 0) is 6.07 Å². The average Bonchev–Trinajstić information content (AvgIpc) is 2.83. The molecule has 0 unspecified atom stereocenters. The molecular formula is C10H7N3O2S. The van der Waals surface area contributed by atoms with Crippen LogP contribution in [-0.2, 0) is 7.05 Å².